The number of carbonyl (C=O) groups is 1. The van der Waals surface area contributed by atoms with Gasteiger partial charge in [0.1, 0.15) is 5.82 Å². The molecule has 0 bridgehead atoms. The number of rotatable bonds is 4. The fourth-order valence-corrected chi connectivity index (χ4v) is 2.46. The molecule has 0 aliphatic rings. The summed E-state index contributed by atoms with van der Waals surface area (Å²) in [5, 5.41) is 2.30. The molecular weight excluding hydrogens is 309 g/mol. The number of anilines is 1. The highest BCUT2D eigenvalue weighted by atomic mass is 32.2. The lowest BCUT2D eigenvalue weighted by Crippen LogP contribution is -2.43. The summed E-state index contributed by atoms with van der Waals surface area (Å²) < 4.78 is 36.8. The smallest absolute Gasteiger partial charge is 0.307 e. The highest BCUT2D eigenvalue weighted by Crippen LogP contribution is 2.10. The molecule has 22 heavy (non-hydrogen) atoms. The molecule has 0 spiro atoms. The van der Waals surface area contributed by atoms with Crippen LogP contribution in [-0.4, -0.2) is 14.4 Å². The molecule has 0 aliphatic heterocycles. The summed E-state index contributed by atoms with van der Waals surface area (Å²) >= 11 is 0. The largest absolute Gasteiger partial charge is 0.334 e. The van der Waals surface area contributed by atoms with Gasteiger partial charge < -0.3 is 5.32 Å². The van der Waals surface area contributed by atoms with Crippen molar-refractivity contribution in [1.29, 1.82) is 0 Å². The number of carbonyl (C=O) groups excluding carboxylic acids is 1. The number of hydrogen-bond donors (Lipinski definition) is 3. The lowest BCUT2D eigenvalue weighted by Gasteiger charge is -2.10. The Balaban J connectivity index is 1.97. The van der Waals surface area contributed by atoms with Crippen LogP contribution in [0.3, 0.4) is 0 Å². The summed E-state index contributed by atoms with van der Waals surface area (Å²) in [5.74, 6) is -0.516. The molecule has 0 atom stereocenters. The minimum absolute atomic E-state index is 0.0177. The number of amides is 2. The zero-order chi connectivity index (χ0) is 16.2. The first-order valence-electron chi connectivity index (χ1n) is 6.28. The van der Waals surface area contributed by atoms with E-state index in [4.69, 9.17) is 0 Å². The number of benzene rings is 2. The summed E-state index contributed by atoms with van der Waals surface area (Å²) in [6, 6.07) is 10.5. The van der Waals surface area contributed by atoms with Crippen molar-refractivity contribution in [3.8, 4) is 0 Å². The first-order chi connectivity index (χ1) is 10.4. The molecule has 116 valence electrons. The molecule has 2 aromatic rings. The van der Waals surface area contributed by atoms with Crippen LogP contribution < -0.4 is 15.6 Å². The van der Waals surface area contributed by atoms with Crippen LogP contribution in [0.5, 0.6) is 0 Å². The molecule has 0 heterocycles. The van der Waals surface area contributed by atoms with Crippen LogP contribution in [0, 0.1) is 12.7 Å². The predicted molar refractivity (Wildman–Crippen MR) is 80.1 cm³/mol. The number of hydrazine groups is 1. The van der Waals surface area contributed by atoms with Gasteiger partial charge in [0.2, 0.25) is 0 Å². The first kappa shape index (κ1) is 15.9. The number of sulfonamides is 1. The highest BCUT2D eigenvalue weighted by molar-refractivity contribution is 7.89. The average Bonchev–Trinajstić information content (AvgIpc) is 2.46. The third-order valence-electron chi connectivity index (χ3n) is 2.71. The molecule has 0 unspecified atom stereocenters. The second-order valence-corrected chi connectivity index (χ2v) is 6.19. The summed E-state index contributed by atoms with van der Waals surface area (Å²) in [7, 11) is -3.87. The van der Waals surface area contributed by atoms with E-state index >= 15 is 0 Å². The normalized spacial score (nSPS) is 11.0. The molecule has 6 nitrogen and oxygen atoms in total. The molecule has 0 saturated heterocycles. The van der Waals surface area contributed by atoms with E-state index in [-0.39, 0.29) is 10.6 Å². The molecule has 8 heteroatoms. The van der Waals surface area contributed by atoms with Crippen LogP contribution in [0.25, 0.3) is 0 Å². The highest BCUT2D eigenvalue weighted by Gasteiger charge is 2.14. The monoisotopic (exact) mass is 323 g/mol. The molecule has 0 radical (unpaired) electrons. The summed E-state index contributed by atoms with van der Waals surface area (Å²) in [6.07, 6.45) is 0. The lowest BCUT2D eigenvalue weighted by atomic mass is 10.2. The number of halogens is 1. The van der Waals surface area contributed by atoms with Crippen LogP contribution in [0.4, 0.5) is 14.9 Å². The fourth-order valence-electron chi connectivity index (χ4n) is 1.62. The molecule has 2 amide bonds. The minimum atomic E-state index is -3.87. The van der Waals surface area contributed by atoms with Crippen molar-refractivity contribution in [1.82, 2.24) is 10.3 Å². The second kappa shape index (κ2) is 6.54. The van der Waals surface area contributed by atoms with Gasteiger partial charge in [-0.25, -0.2) is 17.6 Å². The van der Waals surface area contributed by atoms with E-state index in [2.05, 4.69) is 5.32 Å². The van der Waals surface area contributed by atoms with Crippen molar-refractivity contribution >= 4 is 21.7 Å². The summed E-state index contributed by atoms with van der Waals surface area (Å²) in [6.45, 7) is 1.83. The molecule has 0 aliphatic carbocycles. The first-order valence-corrected chi connectivity index (χ1v) is 7.76. The van der Waals surface area contributed by atoms with Gasteiger partial charge in [-0.15, -0.1) is 4.83 Å². The van der Waals surface area contributed by atoms with Gasteiger partial charge in [-0.3, -0.25) is 5.43 Å². The molecule has 0 fully saturated rings. The third kappa shape index (κ3) is 4.27. The Morgan fingerprint density at radius 3 is 2.41 bits per heavy atom. The average molecular weight is 323 g/mol. The Bertz CT molecular complexity index is 776. The van der Waals surface area contributed by atoms with Gasteiger partial charge in [0.15, 0.2) is 0 Å². The number of aryl methyl sites for hydroxylation is 1. The Kier molecular flexibility index (Phi) is 4.74. The van der Waals surface area contributed by atoms with Gasteiger partial charge >= 0.3 is 6.03 Å². The van der Waals surface area contributed by atoms with E-state index in [1.165, 1.54) is 30.3 Å². The number of urea groups is 1. The van der Waals surface area contributed by atoms with Crippen LogP contribution in [0.1, 0.15) is 5.56 Å². The summed E-state index contributed by atoms with van der Waals surface area (Å²) in [5.41, 5.74) is 3.11. The number of nitrogens with one attached hydrogen (secondary N) is 3. The minimum Gasteiger partial charge on any atom is -0.307 e. The zero-order valence-electron chi connectivity index (χ0n) is 11.6. The second-order valence-electron chi connectivity index (χ2n) is 4.51. The standard InChI is InChI=1S/C14H14FN3O3S/c1-10-5-7-13(8-6-10)22(20,21)18-17-14(19)16-12-4-2-3-11(15)9-12/h2-9,18H,1H3,(H2,16,17,19). The van der Waals surface area contributed by atoms with Gasteiger partial charge in [0.05, 0.1) is 4.90 Å². The Morgan fingerprint density at radius 1 is 1.09 bits per heavy atom. The van der Waals surface area contributed by atoms with Crippen molar-refractivity contribution in [3.63, 3.8) is 0 Å². The van der Waals surface area contributed by atoms with Gasteiger partial charge in [0.25, 0.3) is 10.0 Å². The number of hydrogen-bond acceptors (Lipinski definition) is 3. The summed E-state index contributed by atoms with van der Waals surface area (Å²) in [4.78, 5) is 13.5. The quantitative estimate of drug-likeness (QED) is 0.753. The van der Waals surface area contributed by atoms with E-state index in [1.54, 1.807) is 12.1 Å². The maximum absolute atomic E-state index is 13.0. The van der Waals surface area contributed by atoms with Crippen LogP contribution in [0.2, 0.25) is 0 Å². The van der Waals surface area contributed by atoms with Crippen LogP contribution in [-0.2, 0) is 10.0 Å². The molecule has 2 aromatic carbocycles. The SMILES string of the molecule is Cc1ccc(S(=O)(=O)NNC(=O)Nc2cccc(F)c2)cc1. The van der Waals surface area contributed by atoms with Crippen molar-refractivity contribution in [3.05, 3.63) is 59.9 Å². The van der Waals surface area contributed by atoms with E-state index in [0.717, 1.165) is 11.6 Å². The molecule has 0 saturated carbocycles. The van der Waals surface area contributed by atoms with E-state index in [1.807, 2.05) is 17.2 Å². The van der Waals surface area contributed by atoms with E-state index in [9.17, 15) is 17.6 Å². The van der Waals surface area contributed by atoms with Crippen molar-refractivity contribution in [2.45, 2.75) is 11.8 Å². The maximum atomic E-state index is 13.0. The van der Waals surface area contributed by atoms with Gasteiger partial charge in [-0.1, -0.05) is 23.8 Å². The van der Waals surface area contributed by atoms with Crippen molar-refractivity contribution in [2.24, 2.45) is 0 Å². The van der Waals surface area contributed by atoms with Crippen molar-refractivity contribution in [2.75, 3.05) is 5.32 Å². The topological polar surface area (TPSA) is 87.3 Å². The van der Waals surface area contributed by atoms with E-state index < -0.39 is 21.9 Å². The molecular formula is C14H14FN3O3S. The van der Waals surface area contributed by atoms with Crippen molar-refractivity contribution < 1.29 is 17.6 Å². The van der Waals surface area contributed by atoms with Gasteiger partial charge in [0, 0.05) is 5.69 Å². The molecule has 3 N–H and O–H groups in total. The maximum Gasteiger partial charge on any atom is 0.334 e. The predicted octanol–water partition coefficient (Wildman–Crippen LogP) is 2.15. The van der Waals surface area contributed by atoms with Crippen LogP contribution >= 0.6 is 0 Å². The van der Waals surface area contributed by atoms with Crippen LogP contribution in [0.15, 0.2) is 53.4 Å². The Hall–Kier alpha value is -2.45. The third-order valence-corrected chi connectivity index (χ3v) is 3.98. The Morgan fingerprint density at radius 2 is 1.77 bits per heavy atom. The lowest BCUT2D eigenvalue weighted by molar-refractivity contribution is 0.250. The zero-order valence-corrected chi connectivity index (χ0v) is 12.4. The van der Waals surface area contributed by atoms with Gasteiger partial charge in [-0.2, -0.15) is 0 Å². The molecule has 0 aromatic heterocycles. The van der Waals surface area contributed by atoms with Gasteiger partial charge in [-0.05, 0) is 37.3 Å². The van der Waals surface area contributed by atoms with E-state index in [0.29, 0.717) is 0 Å². The Labute approximate surface area is 127 Å². The molecule has 2 rings (SSSR count). The fraction of sp³-hybridized carbons (Fsp3) is 0.0714.